The van der Waals surface area contributed by atoms with E-state index in [-0.39, 0.29) is 18.2 Å². The molecule has 0 bridgehead atoms. The summed E-state index contributed by atoms with van der Waals surface area (Å²) in [6.07, 6.45) is -4.42. The number of halogens is 3. The number of rotatable bonds is 0. The highest BCUT2D eigenvalue weighted by Gasteiger charge is 2.37. The lowest BCUT2D eigenvalue weighted by Gasteiger charge is -2.40. The first-order valence-corrected chi connectivity index (χ1v) is 5.83. The monoisotopic (exact) mass is 272 g/mol. The third kappa shape index (κ3) is 2.03. The maximum absolute atomic E-state index is 12.6. The molecule has 3 rings (SSSR count). The number of morpholine rings is 1. The number of amides is 1. The number of fused-ring (bicyclic) bond motifs is 3. The van der Waals surface area contributed by atoms with Crippen LogP contribution < -0.4 is 10.2 Å². The molecule has 1 aromatic rings. The van der Waals surface area contributed by atoms with Gasteiger partial charge < -0.3 is 15.0 Å². The zero-order valence-electron chi connectivity index (χ0n) is 9.83. The number of ether oxygens (including phenoxy) is 1. The number of carbonyl (C=O) groups is 1. The fraction of sp³-hybridized carbons (Fsp3) is 0.417. The maximum Gasteiger partial charge on any atom is 0.416 e. The Bertz CT molecular complexity index is 530. The topological polar surface area (TPSA) is 41.6 Å². The van der Waals surface area contributed by atoms with E-state index in [1.165, 1.54) is 6.07 Å². The average molecular weight is 272 g/mol. The predicted molar refractivity (Wildman–Crippen MR) is 62.0 cm³/mol. The summed E-state index contributed by atoms with van der Waals surface area (Å²) in [5, 5.41) is 2.51. The number of alkyl halides is 3. The second-order valence-electron chi connectivity index (χ2n) is 4.50. The van der Waals surface area contributed by atoms with Crippen LogP contribution >= 0.6 is 0 Å². The zero-order valence-corrected chi connectivity index (χ0v) is 9.83. The third-order valence-electron chi connectivity index (χ3n) is 3.32. The van der Waals surface area contributed by atoms with Crippen molar-refractivity contribution in [3.63, 3.8) is 0 Å². The second kappa shape index (κ2) is 4.12. The molecule has 0 aliphatic carbocycles. The first kappa shape index (κ1) is 12.3. The Morgan fingerprint density at radius 1 is 1.37 bits per heavy atom. The SMILES string of the molecule is O=C1Nc2cc(C(F)(F)F)ccc2N2CCOCC12. The van der Waals surface area contributed by atoms with Crippen molar-refractivity contribution in [2.24, 2.45) is 0 Å². The summed E-state index contributed by atoms with van der Waals surface area (Å²) in [5.74, 6) is -0.327. The molecule has 4 nitrogen and oxygen atoms in total. The quantitative estimate of drug-likeness (QED) is 0.784. The highest BCUT2D eigenvalue weighted by atomic mass is 19.4. The van der Waals surface area contributed by atoms with Crippen LogP contribution in [0.1, 0.15) is 5.56 Å². The molecule has 1 atom stereocenters. The van der Waals surface area contributed by atoms with Gasteiger partial charge in [-0.15, -0.1) is 0 Å². The summed E-state index contributed by atoms with van der Waals surface area (Å²) in [5.41, 5.74) is 0.0529. The Morgan fingerprint density at radius 3 is 2.89 bits per heavy atom. The molecule has 1 aromatic carbocycles. The number of carbonyl (C=O) groups excluding carboxylic acids is 1. The smallest absolute Gasteiger partial charge is 0.377 e. The molecule has 0 radical (unpaired) electrons. The van der Waals surface area contributed by atoms with Gasteiger partial charge in [0, 0.05) is 6.54 Å². The van der Waals surface area contributed by atoms with Crippen LogP contribution in [0.5, 0.6) is 0 Å². The van der Waals surface area contributed by atoms with E-state index in [9.17, 15) is 18.0 Å². The van der Waals surface area contributed by atoms with Gasteiger partial charge in [0.25, 0.3) is 0 Å². The third-order valence-corrected chi connectivity index (χ3v) is 3.32. The summed E-state index contributed by atoms with van der Waals surface area (Å²) in [4.78, 5) is 13.6. The van der Waals surface area contributed by atoms with Crippen molar-refractivity contribution in [3.05, 3.63) is 23.8 Å². The van der Waals surface area contributed by atoms with E-state index >= 15 is 0 Å². The van der Waals surface area contributed by atoms with Crippen LogP contribution in [-0.4, -0.2) is 31.7 Å². The van der Waals surface area contributed by atoms with E-state index in [2.05, 4.69) is 5.32 Å². The van der Waals surface area contributed by atoms with E-state index in [0.717, 1.165) is 12.1 Å². The molecule has 7 heteroatoms. The Kier molecular flexibility index (Phi) is 2.67. The van der Waals surface area contributed by atoms with Crippen molar-refractivity contribution in [2.45, 2.75) is 12.2 Å². The van der Waals surface area contributed by atoms with Crippen LogP contribution in [0.25, 0.3) is 0 Å². The molecule has 1 N–H and O–H groups in total. The highest BCUT2D eigenvalue weighted by molar-refractivity contribution is 6.03. The van der Waals surface area contributed by atoms with Gasteiger partial charge in [-0.25, -0.2) is 0 Å². The van der Waals surface area contributed by atoms with Crippen LogP contribution in [0.4, 0.5) is 24.5 Å². The van der Waals surface area contributed by atoms with Crippen LogP contribution in [0, 0.1) is 0 Å². The van der Waals surface area contributed by atoms with E-state index in [0.29, 0.717) is 18.8 Å². The number of anilines is 2. The molecular weight excluding hydrogens is 261 g/mol. The van der Waals surface area contributed by atoms with Gasteiger partial charge in [-0.2, -0.15) is 13.2 Å². The van der Waals surface area contributed by atoms with Crippen LogP contribution in [0.3, 0.4) is 0 Å². The minimum Gasteiger partial charge on any atom is -0.377 e. The Labute approximate surface area is 107 Å². The highest BCUT2D eigenvalue weighted by Crippen LogP contribution is 2.38. The minimum atomic E-state index is -4.42. The number of nitrogens with zero attached hydrogens (tertiary/aromatic N) is 1. The molecule has 0 aromatic heterocycles. The molecule has 2 aliphatic heterocycles. The molecular formula is C12H11F3N2O2. The fourth-order valence-electron chi connectivity index (χ4n) is 2.39. The standard InChI is InChI=1S/C12H11F3N2O2/c13-12(14,15)7-1-2-9-8(5-7)16-11(18)10-6-19-4-3-17(9)10/h1-2,5,10H,3-4,6H2,(H,16,18). The fourth-order valence-corrected chi connectivity index (χ4v) is 2.39. The summed E-state index contributed by atoms with van der Waals surface area (Å²) in [7, 11) is 0. The molecule has 1 unspecified atom stereocenters. The summed E-state index contributed by atoms with van der Waals surface area (Å²) >= 11 is 0. The Morgan fingerprint density at radius 2 is 2.16 bits per heavy atom. The lowest BCUT2D eigenvalue weighted by molar-refractivity contribution is -0.137. The molecule has 2 heterocycles. The molecule has 102 valence electrons. The van der Waals surface area contributed by atoms with E-state index in [1.54, 1.807) is 4.90 Å². The van der Waals surface area contributed by atoms with Crippen molar-refractivity contribution in [2.75, 3.05) is 30.0 Å². The van der Waals surface area contributed by atoms with Gasteiger partial charge in [0.15, 0.2) is 0 Å². The summed E-state index contributed by atoms with van der Waals surface area (Å²) in [6.45, 7) is 1.22. The molecule has 1 saturated heterocycles. The van der Waals surface area contributed by atoms with Crippen molar-refractivity contribution in [1.82, 2.24) is 0 Å². The average Bonchev–Trinajstić information content (AvgIpc) is 2.37. The molecule has 0 spiro atoms. The minimum absolute atomic E-state index is 0.206. The van der Waals surface area contributed by atoms with Gasteiger partial charge in [0.1, 0.15) is 6.04 Å². The van der Waals surface area contributed by atoms with Crippen molar-refractivity contribution in [3.8, 4) is 0 Å². The van der Waals surface area contributed by atoms with E-state index < -0.39 is 17.8 Å². The molecule has 1 amide bonds. The van der Waals surface area contributed by atoms with Gasteiger partial charge in [0.05, 0.1) is 30.2 Å². The Balaban J connectivity index is 2.03. The normalized spacial score (nSPS) is 22.6. The van der Waals surface area contributed by atoms with Crippen LogP contribution in [0.2, 0.25) is 0 Å². The predicted octanol–water partition coefficient (Wildman–Crippen LogP) is 1.86. The van der Waals surface area contributed by atoms with Gasteiger partial charge in [-0.05, 0) is 18.2 Å². The summed E-state index contributed by atoms with van der Waals surface area (Å²) < 4.78 is 43.1. The van der Waals surface area contributed by atoms with Crippen molar-refractivity contribution >= 4 is 17.3 Å². The van der Waals surface area contributed by atoms with E-state index in [4.69, 9.17) is 4.74 Å². The number of hydrogen-bond donors (Lipinski definition) is 1. The number of benzene rings is 1. The van der Waals surface area contributed by atoms with Crippen molar-refractivity contribution < 1.29 is 22.7 Å². The van der Waals surface area contributed by atoms with Crippen molar-refractivity contribution in [1.29, 1.82) is 0 Å². The van der Waals surface area contributed by atoms with Crippen LogP contribution in [-0.2, 0) is 15.7 Å². The van der Waals surface area contributed by atoms with Gasteiger partial charge in [0.2, 0.25) is 5.91 Å². The summed E-state index contributed by atoms with van der Waals surface area (Å²) in [6, 6.07) is 2.94. The molecule has 2 aliphatic rings. The molecule has 19 heavy (non-hydrogen) atoms. The van der Waals surface area contributed by atoms with Crippen LogP contribution in [0.15, 0.2) is 18.2 Å². The number of nitrogens with one attached hydrogen (secondary N) is 1. The second-order valence-corrected chi connectivity index (χ2v) is 4.50. The molecule has 1 fully saturated rings. The first-order valence-electron chi connectivity index (χ1n) is 5.83. The maximum atomic E-state index is 12.6. The first-order chi connectivity index (χ1) is 8.97. The lowest BCUT2D eigenvalue weighted by Crippen LogP contribution is -2.54. The van der Waals surface area contributed by atoms with E-state index in [1.807, 2.05) is 0 Å². The largest absolute Gasteiger partial charge is 0.416 e. The van der Waals surface area contributed by atoms with Gasteiger partial charge in [-0.1, -0.05) is 0 Å². The van der Waals surface area contributed by atoms with Gasteiger partial charge >= 0.3 is 6.18 Å². The van der Waals surface area contributed by atoms with Gasteiger partial charge in [-0.3, -0.25) is 4.79 Å². The Hall–Kier alpha value is -1.76. The number of hydrogen-bond acceptors (Lipinski definition) is 3. The molecule has 0 saturated carbocycles. The zero-order chi connectivity index (χ0) is 13.6. The lowest BCUT2D eigenvalue weighted by atomic mass is 10.1.